The topological polar surface area (TPSA) is 153 Å². The maximum atomic E-state index is 13.6. The van der Waals surface area contributed by atoms with Crippen LogP contribution in [0.15, 0.2) is 80.7 Å². The van der Waals surface area contributed by atoms with Gasteiger partial charge in [-0.3, -0.25) is 14.4 Å². The largest absolute Gasteiger partial charge is 0.504 e. The molecule has 10 heteroatoms. The third-order valence-corrected chi connectivity index (χ3v) is 7.44. The molecular weight excluding hydrogens is 528 g/mol. The summed E-state index contributed by atoms with van der Waals surface area (Å²) in [5.41, 5.74) is -0.368. The van der Waals surface area contributed by atoms with Crippen molar-refractivity contribution in [2.75, 3.05) is 26.3 Å². The summed E-state index contributed by atoms with van der Waals surface area (Å²) in [6, 6.07) is 18.6. The number of morpholine rings is 1. The van der Waals surface area contributed by atoms with Crippen LogP contribution >= 0.6 is 0 Å². The second-order valence-corrected chi connectivity index (χ2v) is 9.90. The SMILES string of the molecule is O=C(C[C@H](c1cc2ccccc2[nH]c1=O)c1c(O)c(O)c(O)c2c(=O)cc(-c3ccccc3)oc12)N1CCOCC1. The van der Waals surface area contributed by atoms with Crippen molar-refractivity contribution in [1.82, 2.24) is 9.88 Å². The van der Waals surface area contributed by atoms with Crippen molar-refractivity contribution in [3.8, 4) is 28.6 Å². The van der Waals surface area contributed by atoms with Crippen molar-refractivity contribution in [2.24, 2.45) is 0 Å². The molecular formula is C31H26N2O8. The van der Waals surface area contributed by atoms with Gasteiger partial charge in [-0.2, -0.15) is 0 Å². The van der Waals surface area contributed by atoms with Crippen molar-refractivity contribution in [2.45, 2.75) is 12.3 Å². The lowest BCUT2D eigenvalue weighted by Gasteiger charge is -2.29. The van der Waals surface area contributed by atoms with Gasteiger partial charge in [0.25, 0.3) is 5.56 Å². The van der Waals surface area contributed by atoms with Crippen LogP contribution < -0.4 is 11.0 Å². The zero-order valence-corrected chi connectivity index (χ0v) is 21.8. The number of phenols is 3. The Kier molecular flexibility index (Phi) is 6.68. The highest BCUT2D eigenvalue weighted by Crippen LogP contribution is 2.49. The smallest absolute Gasteiger partial charge is 0.252 e. The van der Waals surface area contributed by atoms with E-state index in [-0.39, 0.29) is 40.2 Å². The Morgan fingerprint density at radius 3 is 2.37 bits per heavy atom. The van der Waals surface area contributed by atoms with Gasteiger partial charge in [0.1, 0.15) is 16.7 Å². The van der Waals surface area contributed by atoms with Crippen LogP contribution in [-0.2, 0) is 9.53 Å². The van der Waals surface area contributed by atoms with Crippen LogP contribution in [0, 0.1) is 0 Å². The number of aromatic hydroxyl groups is 3. The minimum absolute atomic E-state index is 0.111. The number of fused-ring (bicyclic) bond motifs is 2. The number of H-pyrrole nitrogens is 1. The lowest BCUT2D eigenvalue weighted by Crippen LogP contribution is -2.41. The van der Waals surface area contributed by atoms with Crippen LogP contribution in [-0.4, -0.2) is 57.4 Å². The molecule has 208 valence electrons. The molecule has 10 nitrogen and oxygen atoms in total. The van der Waals surface area contributed by atoms with Gasteiger partial charge in [-0.15, -0.1) is 0 Å². The molecule has 0 radical (unpaired) electrons. The van der Waals surface area contributed by atoms with E-state index < -0.39 is 34.2 Å². The van der Waals surface area contributed by atoms with Crippen LogP contribution in [0.3, 0.4) is 0 Å². The zero-order valence-electron chi connectivity index (χ0n) is 21.8. The third kappa shape index (κ3) is 4.68. The van der Waals surface area contributed by atoms with Gasteiger partial charge in [0.2, 0.25) is 11.7 Å². The van der Waals surface area contributed by atoms with E-state index in [4.69, 9.17) is 9.15 Å². The molecule has 0 spiro atoms. The molecule has 41 heavy (non-hydrogen) atoms. The van der Waals surface area contributed by atoms with Gasteiger partial charge >= 0.3 is 0 Å². The number of aromatic nitrogens is 1. The lowest BCUT2D eigenvalue weighted by molar-refractivity contribution is -0.135. The van der Waals surface area contributed by atoms with Gasteiger partial charge in [-0.25, -0.2) is 0 Å². The second kappa shape index (κ2) is 10.5. The monoisotopic (exact) mass is 554 g/mol. The van der Waals surface area contributed by atoms with Gasteiger partial charge in [0.15, 0.2) is 16.9 Å². The number of nitrogens with one attached hydrogen (secondary N) is 1. The fourth-order valence-electron chi connectivity index (χ4n) is 5.35. The number of carbonyl (C=O) groups is 1. The fraction of sp³-hybridized carbons (Fsp3) is 0.194. The predicted molar refractivity (Wildman–Crippen MR) is 151 cm³/mol. The molecule has 3 heterocycles. The Labute approximate surface area is 232 Å². The highest BCUT2D eigenvalue weighted by atomic mass is 16.5. The third-order valence-electron chi connectivity index (χ3n) is 7.44. The van der Waals surface area contributed by atoms with E-state index in [9.17, 15) is 29.7 Å². The molecule has 0 bridgehead atoms. The highest BCUT2D eigenvalue weighted by molar-refractivity contribution is 5.94. The molecule has 0 unspecified atom stereocenters. The fourth-order valence-corrected chi connectivity index (χ4v) is 5.35. The number of hydrogen-bond donors (Lipinski definition) is 4. The maximum absolute atomic E-state index is 13.6. The minimum Gasteiger partial charge on any atom is -0.504 e. The Bertz CT molecular complexity index is 1910. The molecule has 1 fully saturated rings. The first kappa shape index (κ1) is 26.1. The van der Waals surface area contributed by atoms with Crippen molar-refractivity contribution in [3.05, 3.63) is 98.4 Å². The quantitative estimate of drug-likeness (QED) is 0.239. The molecule has 1 atom stereocenters. The first-order valence-corrected chi connectivity index (χ1v) is 13.1. The number of amides is 1. The van der Waals surface area contributed by atoms with Crippen molar-refractivity contribution in [3.63, 3.8) is 0 Å². The van der Waals surface area contributed by atoms with Crippen LogP contribution in [0.4, 0.5) is 0 Å². The van der Waals surface area contributed by atoms with Gasteiger partial charge < -0.3 is 34.4 Å². The number of rotatable bonds is 5. The summed E-state index contributed by atoms with van der Waals surface area (Å²) < 4.78 is 11.5. The highest BCUT2D eigenvalue weighted by Gasteiger charge is 2.33. The molecule has 1 aliphatic heterocycles. The molecule has 5 aromatic rings. The summed E-state index contributed by atoms with van der Waals surface area (Å²) in [5, 5.41) is 33.0. The number of benzene rings is 3. The Morgan fingerprint density at radius 2 is 1.61 bits per heavy atom. The van der Waals surface area contributed by atoms with E-state index in [1.807, 2.05) is 0 Å². The van der Waals surface area contributed by atoms with E-state index in [0.29, 0.717) is 42.8 Å². The first-order chi connectivity index (χ1) is 19.8. The van der Waals surface area contributed by atoms with E-state index >= 15 is 0 Å². The average Bonchev–Trinajstić information content (AvgIpc) is 2.99. The first-order valence-electron chi connectivity index (χ1n) is 13.1. The Balaban J connectivity index is 1.64. The normalized spacial score (nSPS) is 14.4. The van der Waals surface area contributed by atoms with Crippen molar-refractivity contribution < 1.29 is 29.3 Å². The number of hydrogen-bond acceptors (Lipinski definition) is 8. The molecule has 1 saturated heterocycles. The molecule has 0 saturated carbocycles. The molecule has 0 aliphatic carbocycles. The van der Waals surface area contributed by atoms with Crippen molar-refractivity contribution >= 4 is 27.8 Å². The number of para-hydroxylation sites is 1. The summed E-state index contributed by atoms with van der Waals surface area (Å²) in [5.74, 6) is -3.96. The molecule has 1 aliphatic rings. The maximum Gasteiger partial charge on any atom is 0.252 e. The van der Waals surface area contributed by atoms with Gasteiger partial charge in [0, 0.05) is 53.7 Å². The van der Waals surface area contributed by atoms with Gasteiger partial charge in [0.05, 0.1) is 13.2 Å². The van der Waals surface area contributed by atoms with Crippen molar-refractivity contribution in [1.29, 1.82) is 0 Å². The molecule has 1 amide bonds. The van der Waals surface area contributed by atoms with E-state index in [2.05, 4.69) is 4.98 Å². The number of carbonyl (C=O) groups excluding carboxylic acids is 1. The number of ether oxygens (including phenoxy) is 1. The van der Waals surface area contributed by atoms with E-state index in [1.165, 1.54) is 6.07 Å². The summed E-state index contributed by atoms with van der Waals surface area (Å²) in [7, 11) is 0. The van der Waals surface area contributed by atoms with Crippen LogP contribution in [0.25, 0.3) is 33.2 Å². The molecule has 3 aromatic carbocycles. The Hall–Kier alpha value is -5.09. The summed E-state index contributed by atoms with van der Waals surface area (Å²) >= 11 is 0. The lowest BCUT2D eigenvalue weighted by atomic mass is 9.85. The second-order valence-electron chi connectivity index (χ2n) is 9.90. The standard InChI is InChI=1S/C31H26N2O8/c34-22-16-23(17-6-2-1-3-7-17)41-30-25(27(36)29(38)28(37)26(22)30)19(15-24(35)33-10-12-40-13-11-33)20-14-18-8-4-5-9-21(18)32-31(20)39/h1-9,14,16,19,36-38H,10-13,15H2,(H,32,39)/t19-/m1/s1. The van der Waals surface area contributed by atoms with Gasteiger partial charge in [-0.1, -0.05) is 48.5 Å². The molecule has 4 N–H and O–H groups in total. The molecule has 6 rings (SSSR count). The zero-order chi connectivity index (χ0) is 28.7. The summed E-state index contributed by atoms with van der Waals surface area (Å²) in [6.07, 6.45) is -0.298. The predicted octanol–water partition coefficient (Wildman–Crippen LogP) is 3.80. The average molecular weight is 555 g/mol. The Morgan fingerprint density at radius 1 is 0.902 bits per heavy atom. The number of nitrogens with zero attached hydrogens (tertiary/aromatic N) is 1. The van der Waals surface area contributed by atoms with Crippen LogP contribution in [0.1, 0.15) is 23.5 Å². The minimum atomic E-state index is -1.16. The number of phenolic OH excluding ortho intramolecular Hbond substituents is 3. The van der Waals surface area contributed by atoms with Gasteiger partial charge in [-0.05, 0) is 17.5 Å². The summed E-state index contributed by atoms with van der Waals surface area (Å²) in [4.78, 5) is 44.8. The van der Waals surface area contributed by atoms with Crippen LogP contribution in [0.2, 0.25) is 0 Å². The van der Waals surface area contributed by atoms with E-state index in [0.717, 1.165) is 0 Å². The van der Waals surface area contributed by atoms with Crippen LogP contribution in [0.5, 0.6) is 17.2 Å². The molecule has 2 aromatic heterocycles. The van der Waals surface area contributed by atoms with E-state index in [1.54, 1.807) is 65.6 Å². The number of pyridine rings is 1. The number of aromatic amines is 1. The summed E-state index contributed by atoms with van der Waals surface area (Å²) in [6.45, 7) is 1.41.